The van der Waals surface area contributed by atoms with Gasteiger partial charge >= 0.3 is 0 Å². The van der Waals surface area contributed by atoms with Crippen molar-refractivity contribution in [2.45, 2.75) is 11.3 Å². The maximum absolute atomic E-state index is 12.0. The zero-order chi connectivity index (χ0) is 20.3. The standard InChI is InChI=1S/C19H23N3O5S/c1-27-18-6-4-3-5-17(18)21-10-9-14(13-21)12-20-16-8-7-15(22(23)24)11-19(16)28(2,25)26/h3-8,11,14,20H,9-10,12-13H2,1-2H3. The van der Waals surface area contributed by atoms with Crippen LogP contribution in [-0.2, 0) is 9.84 Å². The Hall–Kier alpha value is -2.81. The van der Waals surface area contributed by atoms with E-state index in [1.54, 1.807) is 7.11 Å². The molecular weight excluding hydrogens is 382 g/mol. The number of hydrogen-bond acceptors (Lipinski definition) is 7. The van der Waals surface area contributed by atoms with Crippen molar-refractivity contribution >= 4 is 26.9 Å². The van der Waals surface area contributed by atoms with Crippen molar-refractivity contribution in [2.75, 3.05) is 43.2 Å². The minimum absolute atomic E-state index is 0.0544. The van der Waals surface area contributed by atoms with Crippen LogP contribution < -0.4 is 15.0 Å². The summed E-state index contributed by atoms with van der Waals surface area (Å²) in [6, 6.07) is 11.7. The van der Waals surface area contributed by atoms with Crippen LogP contribution in [0.2, 0.25) is 0 Å². The number of ether oxygens (including phenoxy) is 1. The summed E-state index contributed by atoms with van der Waals surface area (Å²) in [5, 5.41) is 14.1. The van der Waals surface area contributed by atoms with E-state index >= 15 is 0 Å². The Balaban J connectivity index is 1.71. The molecule has 1 fully saturated rings. The van der Waals surface area contributed by atoms with Crippen LogP contribution in [0.4, 0.5) is 17.1 Å². The van der Waals surface area contributed by atoms with Gasteiger partial charge in [0.25, 0.3) is 5.69 Å². The molecule has 28 heavy (non-hydrogen) atoms. The number of hydrogen-bond donors (Lipinski definition) is 1. The van der Waals surface area contributed by atoms with Gasteiger partial charge in [0, 0.05) is 38.0 Å². The van der Waals surface area contributed by atoms with Crippen molar-refractivity contribution in [3.63, 3.8) is 0 Å². The first-order valence-corrected chi connectivity index (χ1v) is 10.8. The van der Waals surface area contributed by atoms with Crippen molar-refractivity contribution < 1.29 is 18.1 Å². The van der Waals surface area contributed by atoms with Crippen molar-refractivity contribution in [3.05, 3.63) is 52.6 Å². The minimum atomic E-state index is -3.59. The van der Waals surface area contributed by atoms with Crippen molar-refractivity contribution in [2.24, 2.45) is 5.92 Å². The first-order valence-electron chi connectivity index (χ1n) is 8.90. The van der Waals surface area contributed by atoms with E-state index in [2.05, 4.69) is 10.2 Å². The first kappa shape index (κ1) is 19.9. The largest absolute Gasteiger partial charge is 0.495 e. The lowest BCUT2D eigenvalue weighted by atomic mass is 10.1. The number of nitro groups is 1. The third-order valence-corrected chi connectivity index (χ3v) is 6.01. The summed E-state index contributed by atoms with van der Waals surface area (Å²) in [6.07, 6.45) is 2.00. The van der Waals surface area contributed by atoms with Crippen LogP contribution in [0.1, 0.15) is 6.42 Å². The molecule has 1 heterocycles. The average molecular weight is 405 g/mol. The van der Waals surface area contributed by atoms with Gasteiger partial charge in [-0.15, -0.1) is 0 Å². The normalized spacial score (nSPS) is 16.8. The van der Waals surface area contributed by atoms with Crippen LogP contribution in [-0.4, -0.2) is 46.3 Å². The van der Waals surface area contributed by atoms with Crippen molar-refractivity contribution in [1.29, 1.82) is 0 Å². The third-order valence-electron chi connectivity index (χ3n) is 4.87. The summed E-state index contributed by atoms with van der Waals surface area (Å²) >= 11 is 0. The molecule has 0 amide bonds. The molecule has 1 unspecified atom stereocenters. The van der Waals surface area contributed by atoms with Gasteiger partial charge in [0.15, 0.2) is 9.84 Å². The molecule has 0 radical (unpaired) electrons. The fourth-order valence-electron chi connectivity index (χ4n) is 3.44. The van der Waals surface area contributed by atoms with Crippen molar-refractivity contribution in [1.82, 2.24) is 0 Å². The number of non-ortho nitro benzene ring substituents is 1. The van der Waals surface area contributed by atoms with E-state index in [1.807, 2.05) is 24.3 Å². The summed E-state index contributed by atoms with van der Waals surface area (Å²) in [5.74, 6) is 1.14. The smallest absolute Gasteiger partial charge is 0.270 e. The van der Waals surface area contributed by atoms with Crippen LogP contribution in [0.5, 0.6) is 5.75 Å². The number of para-hydroxylation sites is 2. The molecule has 2 aromatic carbocycles. The van der Waals surface area contributed by atoms with Crippen LogP contribution in [0.3, 0.4) is 0 Å². The quantitative estimate of drug-likeness (QED) is 0.558. The number of methoxy groups -OCH3 is 1. The van der Waals surface area contributed by atoms with Gasteiger partial charge in [-0.05, 0) is 30.5 Å². The predicted molar refractivity (Wildman–Crippen MR) is 108 cm³/mol. The number of nitrogens with zero attached hydrogens (tertiary/aromatic N) is 2. The number of nitrogens with one attached hydrogen (secondary N) is 1. The molecule has 0 bridgehead atoms. The molecule has 9 heteroatoms. The SMILES string of the molecule is COc1ccccc1N1CCC(CNc2ccc([N+](=O)[O-])cc2S(C)(=O)=O)C1. The van der Waals surface area contributed by atoms with Gasteiger partial charge < -0.3 is 15.0 Å². The third kappa shape index (κ3) is 4.36. The Morgan fingerprint density at radius 3 is 2.71 bits per heavy atom. The Morgan fingerprint density at radius 1 is 1.29 bits per heavy atom. The van der Waals surface area contributed by atoms with Crippen LogP contribution in [0, 0.1) is 16.0 Å². The Morgan fingerprint density at radius 2 is 2.04 bits per heavy atom. The number of anilines is 2. The average Bonchev–Trinajstić information content (AvgIpc) is 3.14. The summed E-state index contributed by atoms with van der Waals surface area (Å²) in [7, 11) is -1.94. The maximum atomic E-state index is 12.0. The van der Waals surface area contributed by atoms with Gasteiger partial charge in [-0.2, -0.15) is 0 Å². The molecule has 1 N–H and O–H groups in total. The molecule has 0 saturated carbocycles. The van der Waals surface area contributed by atoms with Gasteiger partial charge in [-0.25, -0.2) is 8.42 Å². The second kappa shape index (κ2) is 8.05. The summed E-state index contributed by atoms with van der Waals surface area (Å²) in [6.45, 7) is 2.27. The molecule has 0 aromatic heterocycles. The molecule has 3 rings (SSSR count). The summed E-state index contributed by atoms with van der Waals surface area (Å²) in [5.41, 5.74) is 1.19. The zero-order valence-electron chi connectivity index (χ0n) is 15.8. The minimum Gasteiger partial charge on any atom is -0.495 e. The Bertz CT molecular complexity index is 977. The number of sulfone groups is 1. The molecule has 1 saturated heterocycles. The highest BCUT2D eigenvalue weighted by molar-refractivity contribution is 7.90. The molecular formula is C19H23N3O5S. The van der Waals surface area contributed by atoms with Gasteiger partial charge in [0.1, 0.15) is 5.75 Å². The topological polar surface area (TPSA) is 102 Å². The first-order chi connectivity index (χ1) is 13.3. The lowest BCUT2D eigenvalue weighted by Crippen LogP contribution is -2.23. The van der Waals surface area contributed by atoms with Crippen LogP contribution in [0.15, 0.2) is 47.4 Å². The number of benzene rings is 2. The van der Waals surface area contributed by atoms with Gasteiger partial charge in [0.05, 0.1) is 28.3 Å². The molecule has 8 nitrogen and oxygen atoms in total. The monoisotopic (exact) mass is 405 g/mol. The van der Waals surface area contributed by atoms with E-state index in [4.69, 9.17) is 4.74 Å². The highest BCUT2D eigenvalue weighted by Crippen LogP contribution is 2.32. The fraction of sp³-hybridized carbons (Fsp3) is 0.368. The zero-order valence-corrected chi connectivity index (χ0v) is 16.6. The second-order valence-corrected chi connectivity index (χ2v) is 8.85. The summed E-state index contributed by atoms with van der Waals surface area (Å²) < 4.78 is 29.5. The highest BCUT2D eigenvalue weighted by atomic mass is 32.2. The number of nitro benzene ring substituents is 1. The van der Waals surface area contributed by atoms with E-state index in [1.165, 1.54) is 12.1 Å². The molecule has 1 aliphatic rings. The van der Waals surface area contributed by atoms with Crippen LogP contribution >= 0.6 is 0 Å². The fourth-order valence-corrected chi connectivity index (χ4v) is 4.32. The molecule has 0 spiro atoms. The van der Waals surface area contributed by atoms with Gasteiger partial charge in [0.2, 0.25) is 0 Å². The lowest BCUT2D eigenvalue weighted by Gasteiger charge is -2.21. The summed E-state index contributed by atoms with van der Waals surface area (Å²) in [4.78, 5) is 12.6. The van der Waals surface area contributed by atoms with E-state index in [-0.39, 0.29) is 10.6 Å². The highest BCUT2D eigenvalue weighted by Gasteiger charge is 2.25. The molecule has 0 aliphatic carbocycles. The molecule has 150 valence electrons. The van der Waals surface area contributed by atoms with E-state index < -0.39 is 14.8 Å². The Kier molecular flexibility index (Phi) is 5.73. The predicted octanol–water partition coefficient (Wildman–Crippen LogP) is 2.95. The van der Waals surface area contributed by atoms with Crippen LogP contribution in [0.25, 0.3) is 0 Å². The van der Waals surface area contributed by atoms with E-state index in [0.29, 0.717) is 18.2 Å². The molecule has 2 aromatic rings. The molecule has 1 atom stereocenters. The second-order valence-electron chi connectivity index (χ2n) is 6.86. The Labute approximate surface area is 164 Å². The van der Waals surface area contributed by atoms with E-state index in [9.17, 15) is 18.5 Å². The van der Waals surface area contributed by atoms with Gasteiger partial charge in [-0.1, -0.05) is 12.1 Å². The van der Waals surface area contributed by atoms with Gasteiger partial charge in [-0.3, -0.25) is 10.1 Å². The van der Waals surface area contributed by atoms with E-state index in [0.717, 1.165) is 43.3 Å². The van der Waals surface area contributed by atoms with Crippen molar-refractivity contribution in [3.8, 4) is 5.75 Å². The lowest BCUT2D eigenvalue weighted by molar-refractivity contribution is -0.385. The maximum Gasteiger partial charge on any atom is 0.270 e. The molecule has 1 aliphatic heterocycles. The number of rotatable bonds is 7.